The zero-order valence-electron chi connectivity index (χ0n) is 13.4. The smallest absolute Gasteiger partial charge is 0.253 e. The molecule has 0 saturated carbocycles. The van der Waals surface area contributed by atoms with Gasteiger partial charge in [-0.2, -0.15) is 0 Å². The molecule has 0 radical (unpaired) electrons. The number of hydrogen-bond acceptors (Lipinski definition) is 4. The third-order valence-corrected chi connectivity index (χ3v) is 3.83. The molecule has 1 fully saturated rings. The van der Waals surface area contributed by atoms with Crippen LogP contribution in [0.15, 0.2) is 24.3 Å². The Morgan fingerprint density at radius 1 is 1.22 bits per heavy atom. The minimum absolute atomic E-state index is 0. The van der Waals surface area contributed by atoms with E-state index in [1.807, 2.05) is 6.07 Å². The molecule has 0 aliphatic carbocycles. The van der Waals surface area contributed by atoms with Gasteiger partial charge >= 0.3 is 0 Å². The molecule has 128 valence electrons. The average Bonchev–Trinajstić information content (AvgIpc) is 2.55. The maximum Gasteiger partial charge on any atom is 0.253 e. The van der Waals surface area contributed by atoms with E-state index in [9.17, 15) is 9.59 Å². The van der Waals surface area contributed by atoms with Crippen molar-refractivity contribution in [3.63, 3.8) is 0 Å². The van der Waals surface area contributed by atoms with Gasteiger partial charge in [-0.1, -0.05) is 6.07 Å². The van der Waals surface area contributed by atoms with Crippen molar-refractivity contribution in [2.45, 2.75) is 25.9 Å². The molecule has 0 bridgehead atoms. The minimum Gasteiger partial charge on any atom is -0.372 e. The predicted octanol–water partition coefficient (Wildman–Crippen LogP) is 2.02. The lowest BCUT2D eigenvalue weighted by Crippen LogP contribution is -2.34. The van der Waals surface area contributed by atoms with Crippen molar-refractivity contribution in [3.8, 4) is 0 Å². The lowest BCUT2D eigenvalue weighted by atomic mass is 9.97. The molecule has 1 aliphatic heterocycles. The summed E-state index contributed by atoms with van der Waals surface area (Å²) >= 11 is 0. The van der Waals surface area contributed by atoms with Crippen LogP contribution in [0.5, 0.6) is 0 Å². The molecule has 3 N–H and O–H groups in total. The highest BCUT2D eigenvalue weighted by Crippen LogP contribution is 2.19. The van der Waals surface area contributed by atoms with Gasteiger partial charge < -0.3 is 20.7 Å². The highest BCUT2D eigenvalue weighted by molar-refractivity contribution is 5.96. The molecule has 2 amide bonds. The Labute approximate surface area is 142 Å². The Morgan fingerprint density at radius 2 is 1.83 bits per heavy atom. The van der Waals surface area contributed by atoms with Gasteiger partial charge in [0.2, 0.25) is 5.91 Å². The van der Waals surface area contributed by atoms with E-state index in [0.717, 1.165) is 25.9 Å². The van der Waals surface area contributed by atoms with Gasteiger partial charge in [-0.25, -0.2) is 0 Å². The van der Waals surface area contributed by atoms with Crippen LogP contribution in [0.4, 0.5) is 11.4 Å². The zero-order chi connectivity index (χ0) is 15.9. The van der Waals surface area contributed by atoms with Gasteiger partial charge in [-0.15, -0.1) is 12.4 Å². The Kier molecular flexibility index (Phi) is 8.02. The minimum atomic E-state index is -0.520. The molecule has 0 spiro atoms. The Morgan fingerprint density at radius 3 is 2.43 bits per heavy atom. The van der Waals surface area contributed by atoms with E-state index in [1.54, 1.807) is 25.1 Å². The first-order valence-corrected chi connectivity index (χ1v) is 7.55. The van der Waals surface area contributed by atoms with Crippen LogP contribution < -0.4 is 16.0 Å². The van der Waals surface area contributed by atoms with Gasteiger partial charge in [0.25, 0.3) is 5.91 Å². The van der Waals surface area contributed by atoms with Gasteiger partial charge in [0, 0.05) is 24.4 Å². The Balaban J connectivity index is 0.00000264. The van der Waals surface area contributed by atoms with Crippen molar-refractivity contribution in [1.29, 1.82) is 0 Å². The second kappa shape index (κ2) is 9.50. The van der Waals surface area contributed by atoms with Crippen molar-refractivity contribution < 1.29 is 14.3 Å². The topological polar surface area (TPSA) is 79.5 Å². The molecule has 0 aromatic heterocycles. The monoisotopic (exact) mass is 341 g/mol. The first-order valence-electron chi connectivity index (χ1n) is 7.55. The molecule has 7 heteroatoms. The lowest BCUT2D eigenvalue weighted by molar-refractivity contribution is -0.124. The average molecular weight is 342 g/mol. The summed E-state index contributed by atoms with van der Waals surface area (Å²) in [5, 5.41) is 8.92. The van der Waals surface area contributed by atoms with Gasteiger partial charge in [-0.3, -0.25) is 9.59 Å². The Hall–Kier alpha value is -1.63. The van der Waals surface area contributed by atoms with Crippen LogP contribution in [0.3, 0.4) is 0 Å². The van der Waals surface area contributed by atoms with Gasteiger partial charge in [-0.05, 0) is 51.1 Å². The van der Waals surface area contributed by atoms with Crippen LogP contribution in [-0.4, -0.2) is 38.1 Å². The number of nitrogens with one attached hydrogen (secondary N) is 3. The SMILES string of the molecule is COC(C)C(=O)Nc1cccc(NC(=O)C2CCNCC2)c1.Cl. The van der Waals surface area contributed by atoms with Crippen LogP contribution >= 0.6 is 12.4 Å². The van der Waals surface area contributed by atoms with E-state index < -0.39 is 6.10 Å². The fraction of sp³-hybridized carbons (Fsp3) is 0.500. The van der Waals surface area contributed by atoms with Crippen LogP contribution in [0.1, 0.15) is 19.8 Å². The molecule has 1 aromatic rings. The maximum atomic E-state index is 12.2. The van der Waals surface area contributed by atoms with E-state index >= 15 is 0 Å². The Bertz CT molecular complexity index is 533. The second-order valence-corrected chi connectivity index (χ2v) is 5.46. The number of benzene rings is 1. The van der Waals surface area contributed by atoms with Crippen molar-refractivity contribution in [2.24, 2.45) is 5.92 Å². The van der Waals surface area contributed by atoms with E-state index in [2.05, 4.69) is 16.0 Å². The molecule has 1 saturated heterocycles. The molecule has 1 heterocycles. The standard InChI is InChI=1S/C16H23N3O3.ClH/c1-11(22-2)15(20)18-13-4-3-5-14(10-13)19-16(21)12-6-8-17-9-7-12;/h3-5,10-12,17H,6-9H2,1-2H3,(H,18,20)(H,19,21);1H. The molecule has 1 aliphatic rings. The van der Waals surface area contributed by atoms with Crippen LogP contribution in [0.25, 0.3) is 0 Å². The number of amides is 2. The van der Waals surface area contributed by atoms with Gasteiger partial charge in [0.1, 0.15) is 6.10 Å². The van der Waals surface area contributed by atoms with Crippen molar-refractivity contribution >= 4 is 35.6 Å². The molecule has 1 unspecified atom stereocenters. The third kappa shape index (κ3) is 5.82. The van der Waals surface area contributed by atoms with E-state index in [0.29, 0.717) is 11.4 Å². The molecule has 2 rings (SSSR count). The quantitative estimate of drug-likeness (QED) is 0.765. The van der Waals surface area contributed by atoms with Crippen molar-refractivity contribution in [3.05, 3.63) is 24.3 Å². The van der Waals surface area contributed by atoms with Crippen molar-refractivity contribution in [1.82, 2.24) is 5.32 Å². The zero-order valence-corrected chi connectivity index (χ0v) is 14.2. The number of methoxy groups -OCH3 is 1. The summed E-state index contributed by atoms with van der Waals surface area (Å²) in [6.45, 7) is 3.43. The van der Waals surface area contributed by atoms with Gasteiger partial charge in [0.15, 0.2) is 0 Å². The highest BCUT2D eigenvalue weighted by Gasteiger charge is 2.21. The number of rotatable bonds is 5. The summed E-state index contributed by atoms with van der Waals surface area (Å²) < 4.78 is 4.97. The molecular formula is C16H24ClN3O3. The summed E-state index contributed by atoms with van der Waals surface area (Å²) in [7, 11) is 1.49. The maximum absolute atomic E-state index is 12.2. The number of anilines is 2. The number of ether oxygens (including phenoxy) is 1. The largest absolute Gasteiger partial charge is 0.372 e. The highest BCUT2D eigenvalue weighted by atomic mass is 35.5. The number of halogens is 1. The summed E-state index contributed by atoms with van der Waals surface area (Å²) in [4.78, 5) is 24.0. The number of hydrogen-bond donors (Lipinski definition) is 3. The molecular weight excluding hydrogens is 318 g/mol. The van der Waals surface area contributed by atoms with Crippen molar-refractivity contribution in [2.75, 3.05) is 30.8 Å². The van der Waals surface area contributed by atoms with Crippen LogP contribution in [0, 0.1) is 5.92 Å². The van der Waals surface area contributed by atoms with Crippen LogP contribution in [0.2, 0.25) is 0 Å². The van der Waals surface area contributed by atoms with Gasteiger partial charge in [0.05, 0.1) is 0 Å². The molecule has 23 heavy (non-hydrogen) atoms. The summed E-state index contributed by atoms with van der Waals surface area (Å²) in [5.74, 6) is -0.132. The number of piperidine rings is 1. The van der Waals surface area contributed by atoms with Crippen LogP contribution in [-0.2, 0) is 14.3 Å². The number of carbonyl (C=O) groups is 2. The predicted molar refractivity (Wildman–Crippen MR) is 93.0 cm³/mol. The lowest BCUT2D eigenvalue weighted by Gasteiger charge is -2.22. The first-order chi connectivity index (χ1) is 10.6. The molecule has 1 atom stereocenters. The fourth-order valence-corrected chi connectivity index (χ4v) is 2.35. The third-order valence-electron chi connectivity index (χ3n) is 3.83. The molecule has 1 aromatic carbocycles. The fourth-order valence-electron chi connectivity index (χ4n) is 2.35. The van der Waals surface area contributed by atoms with E-state index in [4.69, 9.17) is 4.74 Å². The second-order valence-electron chi connectivity index (χ2n) is 5.46. The number of carbonyl (C=O) groups excluding carboxylic acids is 2. The molecule has 6 nitrogen and oxygen atoms in total. The summed E-state index contributed by atoms with van der Waals surface area (Å²) in [6.07, 6.45) is 1.19. The van der Waals surface area contributed by atoms with E-state index in [-0.39, 0.29) is 30.1 Å². The normalized spacial score (nSPS) is 16.1. The summed E-state index contributed by atoms with van der Waals surface area (Å²) in [6, 6.07) is 7.14. The summed E-state index contributed by atoms with van der Waals surface area (Å²) in [5.41, 5.74) is 1.32. The first kappa shape index (κ1) is 19.4. The van der Waals surface area contributed by atoms with E-state index in [1.165, 1.54) is 7.11 Å².